The Labute approximate surface area is 129 Å². The van der Waals surface area contributed by atoms with E-state index in [4.69, 9.17) is 10.5 Å². The molecule has 0 saturated carbocycles. The fraction of sp³-hybridized carbons (Fsp3) is 0.278. The van der Waals surface area contributed by atoms with Gasteiger partial charge in [-0.15, -0.1) is 0 Å². The van der Waals surface area contributed by atoms with Gasteiger partial charge >= 0.3 is 5.97 Å². The molecular weight excluding hydrogens is 281 g/mol. The van der Waals surface area contributed by atoms with Crippen LogP contribution in [-0.4, -0.2) is 18.6 Å². The number of nitrogens with two attached hydrogens (primary N) is 1. The van der Waals surface area contributed by atoms with Gasteiger partial charge in [0.1, 0.15) is 5.82 Å². The maximum Gasteiger partial charge on any atom is 0.307 e. The second-order valence-corrected chi connectivity index (χ2v) is 5.18. The fourth-order valence-corrected chi connectivity index (χ4v) is 2.31. The summed E-state index contributed by atoms with van der Waals surface area (Å²) >= 11 is 0. The highest BCUT2D eigenvalue weighted by Crippen LogP contribution is 2.21. The number of rotatable bonds is 6. The highest BCUT2D eigenvalue weighted by molar-refractivity contribution is 5.70. The molecule has 1 unspecified atom stereocenters. The summed E-state index contributed by atoms with van der Waals surface area (Å²) in [7, 11) is 0. The molecule has 2 N–H and O–H groups in total. The Hall–Kier alpha value is -2.20. The third-order valence-corrected chi connectivity index (χ3v) is 3.34. The highest BCUT2D eigenvalue weighted by Gasteiger charge is 2.11. The molecule has 0 radical (unpaired) electrons. The predicted molar refractivity (Wildman–Crippen MR) is 84.8 cm³/mol. The second-order valence-electron chi connectivity index (χ2n) is 5.18. The molecule has 0 aliphatic carbocycles. The lowest BCUT2D eigenvalue weighted by molar-refractivity contribution is -0.143. The Morgan fingerprint density at radius 2 is 1.91 bits per heavy atom. The molecular formula is C18H20FNO2. The molecule has 0 amide bonds. The minimum absolute atomic E-state index is 0.208. The van der Waals surface area contributed by atoms with Crippen molar-refractivity contribution < 1.29 is 13.9 Å². The van der Waals surface area contributed by atoms with Gasteiger partial charge in [0.15, 0.2) is 0 Å². The number of ether oxygens (including phenoxy) is 1. The molecule has 0 aromatic heterocycles. The lowest BCUT2D eigenvalue weighted by atomic mass is 10.00. The molecule has 0 aliphatic heterocycles. The van der Waals surface area contributed by atoms with Crippen molar-refractivity contribution >= 4 is 5.97 Å². The van der Waals surface area contributed by atoms with Crippen LogP contribution in [-0.2, 0) is 16.0 Å². The van der Waals surface area contributed by atoms with Crippen molar-refractivity contribution in [2.75, 3.05) is 6.61 Å². The third kappa shape index (κ3) is 4.67. The van der Waals surface area contributed by atoms with Crippen molar-refractivity contribution in [1.82, 2.24) is 0 Å². The van der Waals surface area contributed by atoms with Crippen LogP contribution in [0.25, 0.3) is 11.1 Å². The maximum absolute atomic E-state index is 13.2. The minimum atomic E-state index is -0.272. The van der Waals surface area contributed by atoms with E-state index in [1.165, 1.54) is 12.1 Å². The molecule has 22 heavy (non-hydrogen) atoms. The lowest BCUT2D eigenvalue weighted by Gasteiger charge is -2.11. The molecule has 0 saturated heterocycles. The van der Waals surface area contributed by atoms with E-state index in [9.17, 15) is 9.18 Å². The molecule has 0 bridgehead atoms. The van der Waals surface area contributed by atoms with Crippen LogP contribution in [0.1, 0.15) is 18.9 Å². The minimum Gasteiger partial charge on any atom is -0.466 e. The molecule has 0 aliphatic rings. The summed E-state index contributed by atoms with van der Waals surface area (Å²) in [4.78, 5) is 11.4. The average Bonchev–Trinajstić information content (AvgIpc) is 2.48. The van der Waals surface area contributed by atoms with Crippen LogP contribution in [0, 0.1) is 5.82 Å². The van der Waals surface area contributed by atoms with Crippen molar-refractivity contribution in [3.8, 4) is 11.1 Å². The van der Waals surface area contributed by atoms with E-state index in [-0.39, 0.29) is 24.2 Å². The van der Waals surface area contributed by atoms with Crippen LogP contribution in [0.2, 0.25) is 0 Å². The summed E-state index contributed by atoms with van der Waals surface area (Å²) in [6.45, 7) is 2.14. The van der Waals surface area contributed by atoms with E-state index < -0.39 is 0 Å². The van der Waals surface area contributed by atoms with Crippen LogP contribution < -0.4 is 5.73 Å². The van der Waals surface area contributed by atoms with Gasteiger partial charge in [0.25, 0.3) is 0 Å². The summed E-state index contributed by atoms with van der Waals surface area (Å²) in [6, 6.07) is 14.0. The van der Waals surface area contributed by atoms with Gasteiger partial charge in [-0.1, -0.05) is 36.4 Å². The van der Waals surface area contributed by atoms with E-state index in [0.29, 0.717) is 13.0 Å². The lowest BCUT2D eigenvalue weighted by Crippen LogP contribution is -2.27. The predicted octanol–water partition coefficient (Wildman–Crippen LogP) is 3.32. The SMILES string of the molecule is CCOC(=O)CC(N)Cc1ccc(-c2cccc(F)c2)cc1. The van der Waals surface area contributed by atoms with E-state index in [1.54, 1.807) is 13.0 Å². The Balaban J connectivity index is 1.98. The van der Waals surface area contributed by atoms with Gasteiger partial charge in [-0.2, -0.15) is 0 Å². The molecule has 0 fully saturated rings. The Bertz CT molecular complexity index is 625. The number of hydrogen-bond donors (Lipinski definition) is 1. The van der Waals surface area contributed by atoms with Gasteiger partial charge in [-0.3, -0.25) is 4.79 Å². The van der Waals surface area contributed by atoms with Crippen LogP contribution in [0.3, 0.4) is 0 Å². The first-order valence-electron chi connectivity index (χ1n) is 7.34. The Morgan fingerprint density at radius 1 is 1.18 bits per heavy atom. The Morgan fingerprint density at radius 3 is 2.55 bits per heavy atom. The van der Waals surface area contributed by atoms with E-state index in [2.05, 4.69) is 0 Å². The molecule has 3 nitrogen and oxygen atoms in total. The molecule has 2 aromatic rings. The Kier molecular flexibility index (Phi) is 5.67. The van der Waals surface area contributed by atoms with Crippen LogP contribution in [0.5, 0.6) is 0 Å². The van der Waals surface area contributed by atoms with Crippen LogP contribution in [0.4, 0.5) is 4.39 Å². The molecule has 2 rings (SSSR count). The number of benzene rings is 2. The normalized spacial score (nSPS) is 12.0. The van der Waals surface area contributed by atoms with Crippen molar-refractivity contribution in [2.45, 2.75) is 25.8 Å². The fourth-order valence-electron chi connectivity index (χ4n) is 2.31. The van der Waals surface area contributed by atoms with E-state index >= 15 is 0 Å². The van der Waals surface area contributed by atoms with Crippen molar-refractivity contribution in [3.05, 3.63) is 59.9 Å². The number of carbonyl (C=O) groups is 1. The zero-order valence-electron chi connectivity index (χ0n) is 12.6. The topological polar surface area (TPSA) is 52.3 Å². The highest BCUT2D eigenvalue weighted by atomic mass is 19.1. The van der Waals surface area contributed by atoms with E-state index in [0.717, 1.165) is 16.7 Å². The van der Waals surface area contributed by atoms with Crippen molar-refractivity contribution in [2.24, 2.45) is 5.73 Å². The quantitative estimate of drug-likeness (QED) is 0.833. The number of hydrogen-bond acceptors (Lipinski definition) is 3. The molecule has 2 aromatic carbocycles. The zero-order chi connectivity index (χ0) is 15.9. The third-order valence-electron chi connectivity index (χ3n) is 3.34. The van der Waals surface area contributed by atoms with Crippen molar-refractivity contribution in [1.29, 1.82) is 0 Å². The molecule has 1 atom stereocenters. The standard InChI is InChI=1S/C18H20FNO2/c1-2-22-18(21)12-17(20)10-13-6-8-14(9-7-13)15-4-3-5-16(19)11-15/h3-9,11,17H,2,10,12,20H2,1H3. The molecule has 116 valence electrons. The first-order chi connectivity index (χ1) is 10.6. The largest absolute Gasteiger partial charge is 0.466 e. The van der Waals surface area contributed by atoms with E-state index in [1.807, 2.05) is 30.3 Å². The molecule has 0 heterocycles. The smallest absolute Gasteiger partial charge is 0.307 e. The monoisotopic (exact) mass is 301 g/mol. The summed E-state index contributed by atoms with van der Waals surface area (Å²) in [5.74, 6) is -0.524. The van der Waals surface area contributed by atoms with Gasteiger partial charge in [-0.25, -0.2) is 4.39 Å². The van der Waals surface area contributed by atoms with Gasteiger partial charge in [0, 0.05) is 6.04 Å². The molecule has 4 heteroatoms. The molecule has 0 spiro atoms. The second kappa shape index (κ2) is 7.71. The zero-order valence-corrected chi connectivity index (χ0v) is 12.6. The maximum atomic E-state index is 13.2. The number of carbonyl (C=O) groups excluding carboxylic acids is 1. The number of halogens is 1. The van der Waals surface area contributed by atoms with Gasteiger partial charge in [0.05, 0.1) is 13.0 Å². The van der Waals surface area contributed by atoms with Gasteiger partial charge in [0.2, 0.25) is 0 Å². The van der Waals surface area contributed by atoms with Crippen LogP contribution >= 0.6 is 0 Å². The summed E-state index contributed by atoms with van der Waals surface area (Å²) in [5.41, 5.74) is 8.78. The first kappa shape index (κ1) is 16.2. The van der Waals surface area contributed by atoms with Gasteiger partial charge in [-0.05, 0) is 42.2 Å². The van der Waals surface area contributed by atoms with Crippen LogP contribution in [0.15, 0.2) is 48.5 Å². The summed E-state index contributed by atoms with van der Waals surface area (Å²) in [5, 5.41) is 0. The first-order valence-corrected chi connectivity index (χ1v) is 7.34. The average molecular weight is 301 g/mol. The van der Waals surface area contributed by atoms with Crippen molar-refractivity contribution in [3.63, 3.8) is 0 Å². The number of esters is 1. The summed E-state index contributed by atoms with van der Waals surface area (Å²) in [6.07, 6.45) is 0.807. The summed E-state index contributed by atoms with van der Waals surface area (Å²) < 4.78 is 18.1. The van der Waals surface area contributed by atoms with Gasteiger partial charge < -0.3 is 10.5 Å².